The first kappa shape index (κ1) is 24.0. The second kappa shape index (κ2) is 8.28. The molecule has 0 aliphatic heterocycles. The lowest BCUT2D eigenvalue weighted by Crippen LogP contribution is -1.83. The van der Waals surface area contributed by atoms with Crippen LogP contribution < -0.4 is 0 Å². The number of hydrogen-bond acceptors (Lipinski definition) is 2. The largest absolute Gasteiger partial charge is 0.455 e. The van der Waals surface area contributed by atoms with Crippen LogP contribution in [0.15, 0.2) is 148 Å². The predicted molar refractivity (Wildman–Crippen MR) is 196 cm³/mol. The number of hydrogen-bond donors (Lipinski definition) is 0. The van der Waals surface area contributed by atoms with Gasteiger partial charge in [0.2, 0.25) is 0 Å². The molecular formula is C44H23NO2. The Kier molecular flexibility index (Phi) is 4.22. The van der Waals surface area contributed by atoms with Crippen molar-refractivity contribution in [2.24, 2.45) is 0 Å². The Morgan fingerprint density at radius 3 is 1.32 bits per heavy atom. The molecule has 0 N–H and O–H groups in total. The maximum atomic E-state index is 6.73. The molecule has 0 radical (unpaired) electrons. The molecule has 4 aromatic heterocycles. The van der Waals surface area contributed by atoms with Gasteiger partial charge in [-0.25, -0.2) is 0 Å². The molecule has 0 saturated heterocycles. The van der Waals surface area contributed by atoms with Gasteiger partial charge in [-0.05, 0) is 81.7 Å². The van der Waals surface area contributed by atoms with E-state index >= 15 is 0 Å². The van der Waals surface area contributed by atoms with E-state index in [1.54, 1.807) is 0 Å². The van der Waals surface area contributed by atoms with Crippen molar-refractivity contribution in [3.8, 4) is 11.1 Å². The quantitative estimate of drug-likeness (QED) is 0.188. The van der Waals surface area contributed by atoms with E-state index in [1.165, 1.54) is 59.6 Å². The molecule has 47 heavy (non-hydrogen) atoms. The van der Waals surface area contributed by atoms with Gasteiger partial charge in [-0.15, -0.1) is 0 Å². The third kappa shape index (κ3) is 2.97. The molecule has 0 unspecified atom stereocenters. The summed E-state index contributed by atoms with van der Waals surface area (Å²) in [5.74, 6) is 0. The average molecular weight is 598 g/mol. The fourth-order valence-corrected chi connectivity index (χ4v) is 8.36. The molecule has 0 fully saturated rings. The molecule has 3 nitrogen and oxygen atoms in total. The first-order valence-corrected chi connectivity index (χ1v) is 16.1. The number of benzene rings is 8. The lowest BCUT2D eigenvalue weighted by molar-refractivity contribution is 0.658. The van der Waals surface area contributed by atoms with E-state index in [0.29, 0.717) is 0 Å². The monoisotopic (exact) mass is 597 g/mol. The summed E-state index contributed by atoms with van der Waals surface area (Å²) in [5, 5.41) is 14.4. The Hall–Kier alpha value is -6.32. The molecule has 216 valence electrons. The maximum absolute atomic E-state index is 6.73. The van der Waals surface area contributed by atoms with Crippen molar-refractivity contribution in [3.05, 3.63) is 140 Å². The summed E-state index contributed by atoms with van der Waals surface area (Å²) in [6.45, 7) is 0. The molecule has 0 saturated carbocycles. The van der Waals surface area contributed by atoms with Gasteiger partial charge in [0.15, 0.2) is 0 Å². The fraction of sp³-hybridized carbons (Fsp3) is 0. The van der Waals surface area contributed by atoms with Gasteiger partial charge in [0.05, 0.1) is 22.1 Å². The zero-order valence-electron chi connectivity index (χ0n) is 25.0. The molecule has 3 heteroatoms. The summed E-state index contributed by atoms with van der Waals surface area (Å²) < 4.78 is 15.9. The lowest BCUT2D eigenvalue weighted by atomic mass is 9.95. The molecule has 12 rings (SSSR count). The van der Waals surface area contributed by atoms with Gasteiger partial charge in [-0.2, -0.15) is 0 Å². The van der Waals surface area contributed by atoms with Crippen LogP contribution in [-0.2, 0) is 0 Å². The van der Waals surface area contributed by atoms with E-state index < -0.39 is 0 Å². The second-order valence-corrected chi connectivity index (χ2v) is 12.9. The van der Waals surface area contributed by atoms with Crippen molar-refractivity contribution in [2.45, 2.75) is 0 Å². The van der Waals surface area contributed by atoms with Gasteiger partial charge in [0.1, 0.15) is 22.3 Å². The Balaban J connectivity index is 1.33. The van der Waals surface area contributed by atoms with Gasteiger partial charge in [-0.1, -0.05) is 84.9 Å². The van der Waals surface area contributed by atoms with E-state index in [4.69, 9.17) is 8.83 Å². The van der Waals surface area contributed by atoms with Crippen molar-refractivity contribution in [2.75, 3.05) is 0 Å². The molecule has 0 aliphatic carbocycles. The van der Waals surface area contributed by atoms with Crippen LogP contribution in [0.25, 0.3) is 115 Å². The highest BCUT2D eigenvalue weighted by Gasteiger charge is 2.25. The van der Waals surface area contributed by atoms with Crippen molar-refractivity contribution >= 4 is 104 Å². The first-order valence-electron chi connectivity index (χ1n) is 16.1. The number of fused-ring (bicyclic) bond motifs is 14. The van der Waals surface area contributed by atoms with Crippen LogP contribution in [0.2, 0.25) is 0 Å². The normalized spacial score (nSPS) is 12.7. The molecule has 0 amide bonds. The summed E-state index contributed by atoms with van der Waals surface area (Å²) in [6.07, 6.45) is 0. The van der Waals surface area contributed by atoms with E-state index in [1.807, 2.05) is 12.1 Å². The topological polar surface area (TPSA) is 30.7 Å². The SMILES string of the molecule is c1ccc2cc3c(cc2c1)c1cc(-c2c4oc5ccccc5c4cc4c2oc2ccccc24)cc2c4cc5ccccc5cc4n3c12. The van der Waals surface area contributed by atoms with E-state index in [-0.39, 0.29) is 0 Å². The smallest absolute Gasteiger partial charge is 0.147 e. The molecule has 4 heterocycles. The highest BCUT2D eigenvalue weighted by molar-refractivity contribution is 6.29. The van der Waals surface area contributed by atoms with Gasteiger partial charge < -0.3 is 13.2 Å². The van der Waals surface area contributed by atoms with Gasteiger partial charge in [-0.3, -0.25) is 0 Å². The highest BCUT2D eigenvalue weighted by atomic mass is 16.3. The number of aromatic nitrogens is 1. The lowest BCUT2D eigenvalue weighted by Gasteiger charge is -2.07. The summed E-state index contributed by atoms with van der Waals surface area (Å²) in [5.41, 5.74) is 9.27. The van der Waals surface area contributed by atoms with Crippen LogP contribution in [-0.4, -0.2) is 4.40 Å². The number of furan rings is 2. The van der Waals surface area contributed by atoms with Crippen molar-refractivity contribution < 1.29 is 8.83 Å². The molecule has 0 atom stereocenters. The number of rotatable bonds is 1. The van der Waals surface area contributed by atoms with E-state index in [9.17, 15) is 0 Å². The summed E-state index contributed by atoms with van der Waals surface area (Å²) in [6, 6.07) is 50.4. The van der Waals surface area contributed by atoms with E-state index in [2.05, 4.69) is 132 Å². The highest BCUT2D eigenvalue weighted by Crippen LogP contribution is 2.48. The Morgan fingerprint density at radius 2 is 0.809 bits per heavy atom. The van der Waals surface area contributed by atoms with Crippen LogP contribution in [0.3, 0.4) is 0 Å². The summed E-state index contributed by atoms with van der Waals surface area (Å²) in [7, 11) is 0. The molecule has 12 aromatic rings. The van der Waals surface area contributed by atoms with Crippen LogP contribution in [0.1, 0.15) is 0 Å². The average Bonchev–Trinajstić information content (AvgIpc) is 3.85. The molecule has 0 spiro atoms. The fourth-order valence-electron chi connectivity index (χ4n) is 8.36. The Labute approximate surface area is 266 Å². The van der Waals surface area contributed by atoms with Crippen molar-refractivity contribution in [1.82, 2.24) is 4.40 Å². The van der Waals surface area contributed by atoms with Crippen LogP contribution >= 0.6 is 0 Å². The zero-order valence-corrected chi connectivity index (χ0v) is 25.0. The summed E-state index contributed by atoms with van der Waals surface area (Å²) >= 11 is 0. The van der Waals surface area contributed by atoms with Crippen molar-refractivity contribution in [3.63, 3.8) is 0 Å². The maximum Gasteiger partial charge on any atom is 0.147 e. The minimum atomic E-state index is 0.857. The van der Waals surface area contributed by atoms with E-state index in [0.717, 1.165) is 55.0 Å². The first-order chi connectivity index (χ1) is 23.3. The summed E-state index contributed by atoms with van der Waals surface area (Å²) in [4.78, 5) is 0. The zero-order chi connectivity index (χ0) is 30.4. The Bertz CT molecular complexity index is 3090. The van der Waals surface area contributed by atoms with Crippen LogP contribution in [0, 0.1) is 0 Å². The standard InChI is InChI=1S/C44H23NO2/c1-3-11-26-21-37-31(17-24(26)9-1)33-19-28(20-34-32-18-25-10-2-4-12-27(25)22-38(32)45(37)42(33)34)41-43-35(29-13-5-7-15-39(29)46-43)23-36-30-14-6-8-16-40(30)47-44(36)41/h1-23H. The third-order valence-electron chi connectivity index (χ3n) is 10.4. The van der Waals surface area contributed by atoms with Crippen molar-refractivity contribution in [1.29, 1.82) is 0 Å². The van der Waals surface area contributed by atoms with Gasteiger partial charge in [0, 0.05) is 43.1 Å². The minimum absolute atomic E-state index is 0.857. The van der Waals surface area contributed by atoms with Gasteiger partial charge in [0.25, 0.3) is 0 Å². The third-order valence-corrected chi connectivity index (χ3v) is 10.4. The predicted octanol–water partition coefficient (Wildman–Crippen LogP) is 12.6. The second-order valence-electron chi connectivity index (χ2n) is 12.9. The molecule has 0 bridgehead atoms. The van der Waals surface area contributed by atoms with Crippen LogP contribution in [0.5, 0.6) is 0 Å². The molecule has 0 aliphatic rings. The van der Waals surface area contributed by atoms with Gasteiger partial charge >= 0.3 is 0 Å². The minimum Gasteiger partial charge on any atom is -0.455 e. The Morgan fingerprint density at radius 1 is 0.362 bits per heavy atom. The number of para-hydroxylation sites is 2. The number of nitrogens with zero attached hydrogens (tertiary/aromatic N) is 1. The molecule has 8 aromatic carbocycles. The molecular weight excluding hydrogens is 574 g/mol. The van der Waals surface area contributed by atoms with Crippen LogP contribution in [0.4, 0.5) is 0 Å².